The monoisotopic (exact) mass is 943 g/mol. The van der Waals surface area contributed by atoms with Crippen LogP contribution in [0.25, 0.3) is 0 Å². The fraction of sp³-hybridized carbons (Fsp3) is 0.661. The average Bonchev–Trinajstić information content (AvgIpc) is 3.34. The van der Waals surface area contributed by atoms with E-state index in [1.54, 1.807) is 0 Å². The molecule has 1 unspecified atom stereocenters. The Kier molecular flexibility index (Phi) is 52.4. The smallest absolute Gasteiger partial charge is 0.306 e. The van der Waals surface area contributed by atoms with E-state index in [-0.39, 0.29) is 31.1 Å². The third kappa shape index (κ3) is 53.0. The van der Waals surface area contributed by atoms with E-state index < -0.39 is 6.10 Å². The lowest BCUT2D eigenvalue weighted by Gasteiger charge is -2.18. The largest absolute Gasteiger partial charge is 0.462 e. The van der Waals surface area contributed by atoms with Crippen LogP contribution in [-0.2, 0) is 28.6 Å². The number of allylic oxidation sites excluding steroid dienone is 18. The molecule has 0 amide bonds. The van der Waals surface area contributed by atoms with E-state index in [1.165, 1.54) is 96.3 Å². The van der Waals surface area contributed by atoms with Crippen molar-refractivity contribution in [3.63, 3.8) is 0 Å². The standard InChI is InChI=1S/C62H102O6/c1-4-7-10-13-16-19-22-25-27-29-31-33-34-37-40-43-46-49-52-55-61(64)67-58-59(57-66-60(63)54-51-48-45-42-39-36-24-21-18-15-12-9-6-3)68-62(65)56-53-50-47-44-41-38-35-32-30-28-26-23-20-17-14-11-8-5-2/h7,9-10,12,15-16,18-19,21,24-25,27,31,33,36-37,39-40,59H,4-6,8,11,13-14,17,20,22-23,26,28-30,32,34-35,38,41-58H2,1-3H3/b10-7-,12-9-,18-15-,19-16-,24-21-,27-25-,33-31-,39-36-,40-37-. The van der Waals surface area contributed by atoms with Crippen molar-refractivity contribution in [2.75, 3.05) is 13.2 Å². The van der Waals surface area contributed by atoms with Crippen LogP contribution in [-0.4, -0.2) is 37.2 Å². The summed E-state index contributed by atoms with van der Waals surface area (Å²) in [4.78, 5) is 38.1. The molecule has 0 aliphatic rings. The summed E-state index contributed by atoms with van der Waals surface area (Å²) in [5, 5.41) is 0. The van der Waals surface area contributed by atoms with E-state index in [1.807, 2.05) is 36.5 Å². The van der Waals surface area contributed by atoms with Crippen LogP contribution in [0.5, 0.6) is 0 Å². The molecule has 0 bridgehead atoms. The first-order valence-corrected chi connectivity index (χ1v) is 27.9. The molecule has 6 heteroatoms. The lowest BCUT2D eigenvalue weighted by molar-refractivity contribution is -0.167. The molecule has 0 aromatic heterocycles. The van der Waals surface area contributed by atoms with Gasteiger partial charge in [-0.2, -0.15) is 0 Å². The van der Waals surface area contributed by atoms with Gasteiger partial charge in [0.25, 0.3) is 0 Å². The fourth-order valence-electron chi connectivity index (χ4n) is 7.48. The molecular weight excluding hydrogens is 841 g/mol. The van der Waals surface area contributed by atoms with Crippen molar-refractivity contribution >= 4 is 17.9 Å². The van der Waals surface area contributed by atoms with E-state index >= 15 is 0 Å². The van der Waals surface area contributed by atoms with E-state index in [0.717, 1.165) is 109 Å². The van der Waals surface area contributed by atoms with Gasteiger partial charge in [0.1, 0.15) is 13.2 Å². The Balaban J connectivity index is 4.47. The van der Waals surface area contributed by atoms with Gasteiger partial charge in [-0.1, -0.05) is 252 Å². The first-order chi connectivity index (χ1) is 33.5. The van der Waals surface area contributed by atoms with Crippen LogP contribution < -0.4 is 0 Å². The van der Waals surface area contributed by atoms with Gasteiger partial charge in [0.15, 0.2) is 6.10 Å². The predicted molar refractivity (Wildman–Crippen MR) is 293 cm³/mol. The molecule has 0 aromatic carbocycles. The molecule has 0 rings (SSSR count). The molecule has 0 aliphatic carbocycles. The molecule has 0 saturated carbocycles. The number of hydrogen-bond donors (Lipinski definition) is 0. The molecule has 0 N–H and O–H groups in total. The quantitative estimate of drug-likeness (QED) is 0.0199. The number of carbonyl (C=O) groups is 3. The highest BCUT2D eigenvalue weighted by Gasteiger charge is 2.19. The SMILES string of the molecule is CC\C=C/C=C\C=C/C=C\CCCCCC(=O)OCC(COC(=O)CCCCC/C=C\C/C=C\C/C=C\C/C=C\C/C=C\CC)OC(=O)CCCCCCCCCCCCCCCCCCCC. The summed E-state index contributed by atoms with van der Waals surface area (Å²) in [6, 6.07) is 0. The summed E-state index contributed by atoms with van der Waals surface area (Å²) in [6.07, 6.45) is 75.1. The number of ether oxygens (including phenoxy) is 3. The molecule has 6 nitrogen and oxygen atoms in total. The van der Waals surface area contributed by atoms with Crippen LogP contribution in [0.15, 0.2) is 109 Å². The number of hydrogen-bond acceptors (Lipinski definition) is 6. The van der Waals surface area contributed by atoms with Crippen molar-refractivity contribution in [3.05, 3.63) is 109 Å². The van der Waals surface area contributed by atoms with Crippen molar-refractivity contribution < 1.29 is 28.6 Å². The molecule has 0 radical (unpaired) electrons. The minimum atomic E-state index is -0.808. The van der Waals surface area contributed by atoms with Crippen LogP contribution in [0.1, 0.15) is 245 Å². The lowest BCUT2D eigenvalue weighted by atomic mass is 10.0. The second kappa shape index (κ2) is 55.7. The summed E-state index contributed by atoms with van der Waals surface area (Å²) in [5.41, 5.74) is 0. The van der Waals surface area contributed by atoms with E-state index in [9.17, 15) is 14.4 Å². The molecule has 0 saturated heterocycles. The van der Waals surface area contributed by atoms with Gasteiger partial charge in [0.2, 0.25) is 0 Å². The van der Waals surface area contributed by atoms with Gasteiger partial charge in [0, 0.05) is 19.3 Å². The summed E-state index contributed by atoms with van der Waals surface area (Å²) in [6.45, 7) is 6.33. The third-order valence-corrected chi connectivity index (χ3v) is 11.6. The molecule has 386 valence electrons. The lowest BCUT2D eigenvalue weighted by Crippen LogP contribution is -2.30. The van der Waals surface area contributed by atoms with Crippen LogP contribution >= 0.6 is 0 Å². The third-order valence-electron chi connectivity index (χ3n) is 11.6. The van der Waals surface area contributed by atoms with Gasteiger partial charge in [-0.3, -0.25) is 14.4 Å². The Morgan fingerprint density at radius 2 is 0.647 bits per heavy atom. The molecule has 68 heavy (non-hydrogen) atoms. The van der Waals surface area contributed by atoms with Gasteiger partial charge in [-0.25, -0.2) is 0 Å². The Hall–Kier alpha value is -3.93. The van der Waals surface area contributed by atoms with Gasteiger partial charge in [-0.15, -0.1) is 0 Å². The van der Waals surface area contributed by atoms with E-state index in [4.69, 9.17) is 14.2 Å². The van der Waals surface area contributed by atoms with Crippen LogP contribution in [0.2, 0.25) is 0 Å². The predicted octanol–water partition coefficient (Wildman–Crippen LogP) is 18.7. The summed E-state index contributed by atoms with van der Waals surface area (Å²) in [7, 11) is 0. The highest BCUT2D eigenvalue weighted by molar-refractivity contribution is 5.71. The normalized spacial score (nSPS) is 12.9. The number of carbonyl (C=O) groups excluding carboxylic acids is 3. The maximum atomic E-state index is 12.8. The van der Waals surface area contributed by atoms with Crippen molar-refractivity contribution in [1.82, 2.24) is 0 Å². The minimum absolute atomic E-state index is 0.108. The number of esters is 3. The van der Waals surface area contributed by atoms with Crippen LogP contribution in [0.4, 0.5) is 0 Å². The molecule has 1 atom stereocenters. The topological polar surface area (TPSA) is 78.9 Å². The Morgan fingerprint density at radius 1 is 0.324 bits per heavy atom. The van der Waals surface area contributed by atoms with Crippen LogP contribution in [0, 0.1) is 0 Å². The first-order valence-electron chi connectivity index (χ1n) is 27.9. The molecule has 0 aliphatic heterocycles. The second-order valence-electron chi connectivity index (χ2n) is 18.2. The zero-order valence-corrected chi connectivity index (χ0v) is 44.1. The number of unbranched alkanes of at least 4 members (excludes halogenated alkanes) is 23. The Morgan fingerprint density at radius 3 is 1.07 bits per heavy atom. The summed E-state index contributed by atoms with van der Waals surface area (Å²) >= 11 is 0. The van der Waals surface area contributed by atoms with Crippen molar-refractivity contribution in [2.24, 2.45) is 0 Å². The molecular formula is C62H102O6. The molecule has 0 heterocycles. The van der Waals surface area contributed by atoms with Gasteiger partial charge in [-0.05, 0) is 83.5 Å². The summed E-state index contributed by atoms with van der Waals surface area (Å²) in [5.74, 6) is -0.974. The zero-order chi connectivity index (χ0) is 49.3. The minimum Gasteiger partial charge on any atom is -0.462 e. The van der Waals surface area contributed by atoms with E-state index in [0.29, 0.717) is 19.3 Å². The summed E-state index contributed by atoms with van der Waals surface area (Å²) < 4.78 is 16.8. The van der Waals surface area contributed by atoms with Crippen molar-refractivity contribution in [1.29, 1.82) is 0 Å². The first kappa shape index (κ1) is 64.1. The highest BCUT2D eigenvalue weighted by atomic mass is 16.6. The molecule has 0 spiro atoms. The second-order valence-corrected chi connectivity index (χ2v) is 18.2. The highest BCUT2D eigenvalue weighted by Crippen LogP contribution is 2.16. The Bertz CT molecular complexity index is 1410. The van der Waals surface area contributed by atoms with Gasteiger partial charge < -0.3 is 14.2 Å². The van der Waals surface area contributed by atoms with Crippen molar-refractivity contribution in [2.45, 2.75) is 252 Å². The zero-order valence-electron chi connectivity index (χ0n) is 44.1. The fourth-order valence-corrected chi connectivity index (χ4v) is 7.48. The van der Waals surface area contributed by atoms with Crippen LogP contribution in [0.3, 0.4) is 0 Å². The average molecular weight is 943 g/mol. The van der Waals surface area contributed by atoms with E-state index in [2.05, 4.69) is 93.7 Å². The maximum Gasteiger partial charge on any atom is 0.306 e. The maximum absolute atomic E-state index is 12.8. The van der Waals surface area contributed by atoms with Gasteiger partial charge >= 0.3 is 17.9 Å². The number of rotatable bonds is 49. The van der Waals surface area contributed by atoms with Crippen molar-refractivity contribution in [3.8, 4) is 0 Å². The molecule has 0 aromatic rings. The Labute approximate surface area is 419 Å². The molecule has 0 fully saturated rings. The van der Waals surface area contributed by atoms with Gasteiger partial charge in [0.05, 0.1) is 0 Å².